The minimum Gasteiger partial charge on any atom is -0.365 e. The van der Waals surface area contributed by atoms with Crippen LogP contribution in [0.2, 0.25) is 0 Å². The Morgan fingerprint density at radius 1 is 1.48 bits per heavy atom. The smallest absolute Gasteiger partial charge is 0.254 e. The molecule has 1 saturated heterocycles. The normalized spacial score (nSPS) is 23.7. The zero-order valence-electron chi connectivity index (χ0n) is 14.5. The van der Waals surface area contributed by atoms with Gasteiger partial charge in [0.2, 0.25) is 0 Å². The number of hydrogen-bond acceptors (Lipinski definition) is 6. The Labute approximate surface area is 155 Å². The van der Waals surface area contributed by atoms with Crippen LogP contribution in [0.3, 0.4) is 0 Å². The lowest BCUT2D eigenvalue weighted by molar-refractivity contribution is 0.100. The summed E-state index contributed by atoms with van der Waals surface area (Å²) in [7, 11) is -3.35. The Bertz CT molecular complexity index is 1030. The molecule has 0 bridgehead atoms. The summed E-state index contributed by atoms with van der Waals surface area (Å²) in [5.41, 5.74) is 5.15. The van der Waals surface area contributed by atoms with Gasteiger partial charge in [-0.3, -0.25) is 9.48 Å². The highest BCUT2D eigenvalue weighted by molar-refractivity contribution is 7.91. The molecule has 142 valence electrons. The van der Waals surface area contributed by atoms with E-state index in [0.29, 0.717) is 5.69 Å². The van der Waals surface area contributed by atoms with E-state index in [0.717, 1.165) is 0 Å². The molecule has 3 rings (SSSR count). The van der Waals surface area contributed by atoms with Crippen LogP contribution < -0.4 is 11.1 Å². The molecule has 2 aromatic rings. The lowest BCUT2D eigenvalue weighted by Gasteiger charge is -2.27. The summed E-state index contributed by atoms with van der Waals surface area (Å²) in [4.78, 5) is 11.8. The van der Waals surface area contributed by atoms with Gasteiger partial charge < -0.3 is 11.1 Å². The molecule has 3 N–H and O–H groups in total. The van der Waals surface area contributed by atoms with E-state index in [2.05, 4.69) is 10.4 Å². The van der Waals surface area contributed by atoms with Crippen molar-refractivity contribution in [1.82, 2.24) is 9.78 Å². The zero-order chi connectivity index (χ0) is 19.8. The summed E-state index contributed by atoms with van der Waals surface area (Å²) in [5, 5.41) is 16.3. The Morgan fingerprint density at radius 2 is 2.15 bits per heavy atom. The van der Waals surface area contributed by atoms with Gasteiger partial charge in [0.1, 0.15) is 11.4 Å². The van der Waals surface area contributed by atoms with Crippen molar-refractivity contribution >= 4 is 27.2 Å². The molecule has 10 heteroatoms. The van der Waals surface area contributed by atoms with Gasteiger partial charge in [-0.25, -0.2) is 12.8 Å². The average molecular weight is 391 g/mol. The van der Waals surface area contributed by atoms with Crippen LogP contribution in [0.5, 0.6) is 0 Å². The molecule has 1 fully saturated rings. The number of halogens is 1. The highest BCUT2D eigenvalue weighted by Crippen LogP contribution is 2.43. The second-order valence-electron chi connectivity index (χ2n) is 6.93. The molecule has 2 atom stereocenters. The van der Waals surface area contributed by atoms with E-state index in [-0.39, 0.29) is 29.3 Å². The van der Waals surface area contributed by atoms with Crippen LogP contribution in [0.15, 0.2) is 30.5 Å². The van der Waals surface area contributed by atoms with E-state index in [9.17, 15) is 17.6 Å². The van der Waals surface area contributed by atoms with Crippen LogP contribution in [-0.4, -0.2) is 35.6 Å². The highest BCUT2D eigenvalue weighted by atomic mass is 32.2. The molecule has 0 aliphatic carbocycles. The fourth-order valence-corrected chi connectivity index (χ4v) is 5.79. The molecule has 0 radical (unpaired) electrons. The maximum atomic E-state index is 13.1. The third-order valence-electron chi connectivity index (χ3n) is 4.67. The summed E-state index contributed by atoms with van der Waals surface area (Å²) in [6, 6.07) is 6.86. The second kappa shape index (κ2) is 6.66. The molecule has 27 heavy (non-hydrogen) atoms. The maximum absolute atomic E-state index is 13.1. The third kappa shape index (κ3) is 3.78. The predicted octanol–water partition coefficient (Wildman–Crippen LogP) is 1.75. The molecular weight excluding hydrogens is 373 g/mol. The second-order valence-corrected chi connectivity index (χ2v) is 9.04. The van der Waals surface area contributed by atoms with Gasteiger partial charge in [-0.1, -0.05) is 6.92 Å². The van der Waals surface area contributed by atoms with Crippen molar-refractivity contribution in [2.45, 2.75) is 19.4 Å². The Kier molecular flexibility index (Phi) is 4.65. The number of nitrogens with zero attached hydrogens (tertiary/aromatic N) is 3. The van der Waals surface area contributed by atoms with Crippen LogP contribution in [0.25, 0.3) is 0 Å². The summed E-state index contributed by atoms with van der Waals surface area (Å²) in [5.74, 6) is -1.33. The van der Waals surface area contributed by atoms with Crippen molar-refractivity contribution in [3.63, 3.8) is 0 Å². The SMILES string of the molecule is CC1(CC#N)CS(=O)(=O)CC1n1cc(C(N)=O)c(Nc2ccc(F)cc2)n1. The molecule has 0 spiro atoms. The van der Waals surface area contributed by atoms with Gasteiger partial charge in [-0.15, -0.1) is 0 Å². The molecule has 1 amide bonds. The summed E-state index contributed by atoms with van der Waals surface area (Å²) < 4.78 is 38.8. The quantitative estimate of drug-likeness (QED) is 0.798. The lowest BCUT2D eigenvalue weighted by Crippen LogP contribution is -2.29. The first-order chi connectivity index (χ1) is 12.6. The Hall–Kier alpha value is -2.93. The van der Waals surface area contributed by atoms with Gasteiger partial charge in [0.25, 0.3) is 5.91 Å². The average Bonchev–Trinajstić information content (AvgIpc) is 3.08. The number of carbonyl (C=O) groups is 1. The van der Waals surface area contributed by atoms with Crippen LogP contribution in [0.4, 0.5) is 15.9 Å². The number of rotatable bonds is 5. The van der Waals surface area contributed by atoms with E-state index in [1.54, 1.807) is 6.92 Å². The van der Waals surface area contributed by atoms with Crippen molar-refractivity contribution in [2.24, 2.45) is 11.1 Å². The number of carbonyl (C=O) groups excluding carboxylic acids is 1. The van der Waals surface area contributed by atoms with Gasteiger partial charge in [0.05, 0.1) is 23.6 Å². The Balaban J connectivity index is 2.00. The van der Waals surface area contributed by atoms with Crippen LogP contribution in [0, 0.1) is 22.6 Å². The first-order valence-corrected chi connectivity index (χ1v) is 9.95. The van der Waals surface area contributed by atoms with Crippen molar-refractivity contribution in [1.29, 1.82) is 5.26 Å². The number of anilines is 2. The van der Waals surface area contributed by atoms with Crippen LogP contribution >= 0.6 is 0 Å². The fraction of sp³-hybridized carbons (Fsp3) is 0.353. The lowest BCUT2D eigenvalue weighted by atomic mass is 9.83. The number of aromatic nitrogens is 2. The zero-order valence-corrected chi connectivity index (χ0v) is 15.3. The fourth-order valence-electron chi connectivity index (χ4n) is 3.34. The van der Waals surface area contributed by atoms with Crippen LogP contribution in [-0.2, 0) is 9.84 Å². The standard InChI is InChI=1S/C17H18FN5O3S/c1-17(6-7-19)10-27(25,26)9-14(17)23-8-13(15(20)24)16(22-23)21-12-4-2-11(18)3-5-12/h2-5,8,14H,6,9-10H2,1H3,(H2,20,24)(H,21,22). The van der Waals surface area contributed by atoms with Crippen molar-refractivity contribution < 1.29 is 17.6 Å². The summed E-state index contributed by atoms with van der Waals surface area (Å²) in [6.45, 7) is 1.71. The summed E-state index contributed by atoms with van der Waals surface area (Å²) >= 11 is 0. The maximum Gasteiger partial charge on any atom is 0.254 e. The molecule has 2 heterocycles. The number of hydrogen-bond donors (Lipinski definition) is 2. The molecule has 1 aromatic heterocycles. The minimum atomic E-state index is -3.35. The third-order valence-corrected chi connectivity index (χ3v) is 6.60. The number of nitrogens with one attached hydrogen (secondary N) is 1. The van der Waals surface area contributed by atoms with E-state index in [1.165, 1.54) is 35.1 Å². The number of primary amides is 1. The van der Waals surface area contributed by atoms with Gasteiger partial charge in [0, 0.05) is 23.7 Å². The molecule has 8 nitrogen and oxygen atoms in total. The van der Waals surface area contributed by atoms with Crippen molar-refractivity contribution in [2.75, 3.05) is 16.8 Å². The number of nitriles is 1. The van der Waals surface area contributed by atoms with Crippen molar-refractivity contribution in [3.05, 3.63) is 41.8 Å². The van der Waals surface area contributed by atoms with Crippen molar-refractivity contribution in [3.8, 4) is 6.07 Å². The molecular formula is C17H18FN5O3S. The van der Waals surface area contributed by atoms with Gasteiger partial charge in [0.15, 0.2) is 15.7 Å². The molecule has 0 saturated carbocycles. The Morgan fingerprint density at radius 3 is 2.74 bits per heavy atom. The summed E-state index contributed by atoms with van der Waals surface area (Å²) in [6.07, 6.45) is 1.42. The van der Waals surface area contributed by atoms with Gasteiger partial charge >= 0.3 is 0 Å². The minimum absolute atomic E-state index is 0.0311. The van der Waals surface area contributed by atoms with E-state index < -0.39 is 33.0 Å². The number of amides is 1. The van der Waals surface area contributed by atoms with E-state index in [1.807, 2.05) is 6.07 Å². The predicted molar refractivity (Wildman–Crippen MR) is 96.5 cm³/mol. The highest BCUT2D eigenvalue weighted by Gasteiger charge is 2.48. The van der Waals surface area contributed by atoms with E-state index >= 15 is 0 Å². The molecule has 1 aliphatic rings. The van der Waals surface area contributed by atoms with Gasteiger partial charge in [-0.05, 0) is 24.3 Å². The molecule has 2 unspecified atom stereocenters. The van der Waals surface area contributed by atoms with Gasteiger partial charge in [-0.2, -0.15) is 10.4 Å². The molecule has 1 aliphatic heterocycles. The largest absolute Gasteiger partial charge is 0.365 e. The number of sulfone groups is 1. The first kappa shape index (κ1) is 18.8. The van der Waals surface area contributed by atoms with Crippen LogP contribution in [0.1, 0.15) is 29.7 Å². The van der Waals surface area contributed by atoms with E-state index in [4.69, 9.17) is 11.0 Å². The molecule has 1 aromatic carbocycles. The number of benzene rings is 1. The number of nitrogens with two attached hydrogens (primary N) is 1. The monoisotopic (exact) mass is 391 g/mol. The first-order valence-electron chi connectivity index (χ1n) is 8.12. The topological polar surface area (TPSA) is 131 Å².